The van der Waals surface area contributed by atoms with Gasteiger partial charge in [0, 0.05) is 5.02 Å². The van der Waals surface area contributed by atoms with Gasteiger partial charge >= 0.3 is 0 Å². The molecule has 1 saturated carbocycles. The second-order valence-electron chi connectivity index (χ2n) is 5.10. The molecule has 0 saturated heterocycles. The van der Waals surface area contributed by atoms with Crippen molar-refractivity contribution in [1.82, 2.24) is 0 Å². The van der Waals surface area contributed by atoms with Gasteiger partial charge in [-0.3, -0.25) is 0 Å². The van der Waals surface area contributed by atoms with Crippen LogP contribution in [0.4, 0.5) is 0 Å². The SMILES string of the molecule is CCC1CCC(c2ccc(CS(=O)O)c(Cl)c2)C1. The van der Waals surface area contributed by atoms with E-state index in [1.165, 1.54) is 31.2 Å². The van der Waals surface area contributed by atoms with Gasteiger partial charge < -0.3 is 4.55 Å². The van der Waals surface area contributed by atoms with Crippen LogP contribution in [-0.4, -0.2) is 8.76 Å². The molecule has 0 radical (unpaired) electrons. The van der Waals surface area contributed by atoms with Crippen LogP contribution in [0.25, 0.3) is 0 Å². The fourth-order valence-corrected chi connectivity index (χ4v) is 3.67. The van der Waals surface area contributed by atoms with E-state index in [9.17, 15) is 4.21 Å². The Bertz CT molecular complexity index is 447. The number of hydrogen-bond acceptors (Lipinski definition) is 1. The minimum Gasteiger partial charge on any atom is -0.306 e. The second-order valence-corrected chi connectivity index (χ2v) is 6.44. The molecule has 1 aliphatic rings. The highest BCUT2D eigenvalue weighted by atomic mass is 35.5. The van der Waals surface area contributed by atoms with Gasteiger partial charge in [-0.25, -0.2) is 4.21 Å². The molecular formula is C14H19ClO2S. The summed E-state index contributed by atoms with van der Waals surface area (Å²) in [4.78, 5) is 0. The summed E-state index contributed by atoms with van der Waals surface area (Å²) >= 11 is 4.35. The van der Waals surface area contributed by atoms with Crippen LogP contribution in [0.3, 0.4) is 0 Å². The van der Waals surface area contributed by atoms with E-state index >= 15 is 0 Å². The summed E-state index contributed by atoms with van der Waals surface area (Å²) in [7, 11) is 0. The van der Waals surface area contributed by atoms with E-state index in [1.807, 2.05) is 12.1 Å². The highest BCUT2D eigenvalue weighted by molar-refractivity contribution is 7.78. The monoisotopic (exact) mass is 286 g/mol. The smallest absolute Gasteiger partial charge is 0.157 e. The topological polar surface area (TPSA) is 37.3 Å². The third kappa shape index (κ3) is 3.34. The van der Waals surface area contributed by atoms with E-state index in [-0.39, 0.29) is 5.75 Å². The fourth-order valence-electron chi connectivity index (χ4n) is 2.82. The van der Waals surface area contributed by atoms with Gasteiger partial charge in [0.05, 0.1) is 5.75 Å². The Morgan fingerprint density at radius 3 is 2.78 bits per heavy atom. The number of hydrogen-bond donors (Lipinski definition) is 1. The summed E-state index contributed by atoms with van der Waals surface area (Å²) in [5.74, 6) is 1.57. The van der Waals surface area contributed by atoms with Gasteiger partial charge in [0.2, 0.25) is 0 Å². The first-order chi connectivity index (χ1) is 8.60. The molecule has 18 heavy (non-hydrogen) atoms. The highest BCUT2D eigenvalue weighted by Crippen LogP contribution is 2.40. The zero-order chi connectivity index (χ0) is 13.1. The maximum Gasteiger partial charge on any atom is 0.157 e. The predicted molar refractivity (Wildman–Crippen MR) is 76.3 cm³/mol. The molecule has 4 heteroatoms. The third-order valence-corrected chi connectivity index (χ3v) is 4.86. The maximum absolute atomic E-state index is 10.8. The molecule has 0 aromatic heterocycles. The van der Waals surface area contributed by atoms with E-state index < -0.39 is 11.1 Å². The summed E-state index contributed by atoms with van der Waals surface area (Å²) in [6.45, 7) is 2.25. The summed E-state index contributed by atoms with van der Waals surface area (Å²) in [6, 6.07) is 5.94. The van der Waals surface area contributed by atoms with Crippen LogP contribution in [0, 0.1) is 5.92 Å². The van der Waals surface area contributed by atoms with Gasteiger partial charge in [0.15, 0.2) is 11.1 Å². The van der Waals surface area contributed by atoms with Crippen molar-refractivity contribution in [3.8, 4) is 0 Å². The average molecular weight is 287 g/mol. The Labute approximate surface area is 116 Å². The summed E-state index contributed by atoms with van der Waals surface area (Å²) in [5, 5.41) is 0.620. The Balaban J connectivity index is 2.11. The minimum absolute atomic E-state index is 0.112. The minimum atomic E-state index is -1.83. The molecule has 0 spiro atoms. The summed E-state index contributed by atoms with van der Waals surface area (Å²) < 4.78 is 19.7. The van der Waals surface area contributed by atoms with Crippen molar-refractivity contribution in [1.29, 1.82) is 0 Å². The molecule has 1 fully saturated rings. The molecule has 1 aliphatic carbocycles. The van der Waals surface area contributed by atoms with Crippen molar-refractivity contribution >= 4 is 22.7 Å². The zero-order valence-corrected chi connectivity index (χ0v) is 12.1. The molecule has 3 atom stereocenters. The van der Waals surface area contributed by atoms with E-state index in [4.69, 9.17) is 16.2 Å². The predicted octanol–water partition coefficient (Wildman–Crippen LogP) is 4.36. The van der Waals surface area contributed by atoms with Crippen LogP contribution in [0.15, 0.2) is 18.2 Å². The lowest BCUT2D eigenvalue weighted by molar-refractivity contribution is 0.521. The van der Waals surface area contributed by atoms with Gasteiger partial charge in [-0.2, -0.15) is 0 Å². The van der Waals surface area contributed by atoms with Crippen molar-refractivity contribution in [2.45, 2.75) is 44.3 Å². The molecule has 0 bridgehead atoms. The summed E-state index contributed by atoms with van der Waals surface area (Å²) in [5.41, 5.74) is 2.04. The van der Waals surface area contributed by atoms with Gasteiger partial charge in [0.25, 0.3) is 0 Å². The van der Waals surface area contributed by atoms with Crippen molar-refractivity contribution < 1.29 is 8.76 Å². The normalized spacial score (nSPS) is 25.3. The van der Waals surface area contributed by atoms with Crippen molar-refractivity contribution in [2.24, 2.45) is 5.92 Å². The van der Waals surface area contributed by atoms with E-state index in [1.54, 1.807) is 0 Å². The molecule has 0 amide bonds. The van der Waals surface area contributed by atoms with Gasteiger partial charge in [-0.1, -0.05) is 37.1 Å². The molecule has 3 unspecified atom stereocenters. The van der Waals surface area contributed by atoms with Crippen LogP contribution < -0.4 is 0 Å². The fraction of sp³-hybridized carbons (Fsp3) is 0.571. The van der Waals surface area contributed by atoms with E-state index in [0.29, 0.717) is 10.9 Å². The van der Waals surface area contributed by atoms with Crippen molar-refractivity contribution in [3.05, 3.63) is 34.3 Å². The molecular weight excluding hydrogens is 268 g/mol. The van der Waals surface area contributed by atoms with Crippen LogP contribution in [0.5, 0.6) is 0 Å². The molecule has 0 heterocycles. The van der Waals surface area contributed by atoms with E-state index in [2.05, 4.69) is 13.0 Å². The quantitative estimate of drug-likeness (QED) is 0.835. The van der Waals surface area contributed by atoms with Crippen LogP contribution in [0.1, 0.15) is 49.7 Å². The molecule has 1 N–H and O–H groups in total. The van der Waals surface area contributed by atoms with Crippen LogP contribution >= 0.6 is 11.6 Å². The van der Waals surface area contributed by atoms with Crippen molar-refractivity contribution in [3.63, 3.8) is 0 Å². The first-order valence-electron chi connectivity index (χ1n) is 6.46. The Kier molecular flexibility index (Phi) is 4.82. The number of benzene rings is 1. The Morgan fingerprint density at radius 1 is 1.44 bits per heavy atom. The molecule has 1 aromatic carbocycles. The van der Waals surface area contributed by atoms with Crippen LogP contribution in [0.2, 0.25) is 5.02 Å². The lowest BCUT2D eigenvalue weighted by Gasteiger charge is -2.12. The highest BCUT2D eigenvalue weighted by Gasteiger charge is 2.24. The zero-order valence-electron chi connectivity index (χ0n) is 10.6. The number of rotatable bonds is 4. The van der Waals surface area contributed by atoms with Crippen LogP contribution in [-0.2, 0) is 16.8 Å². The summed E-state index contributed by atoms with van der Waals surface area (Å²) in [6.07, 6.45) is 5.05. The molecule has 2 rings (SSSR count). The van der Waals surface area contributed by atoms with Gasteiger partial charge in [-0.15, -0.1) is 0 Å². The molecule has 2 nitrogen and oxygen atoms in total. The Morgan fingerprint density at radius 2 is 2.22 bits per heavy atom. The standard InChI is InChI=1S/C14H19ClO2S/c1-2-10-3-4-11(7-10)12-5-6-13(9-18(16)17)14(15)8-12/h5-6,8,10-11H,2-4,7,9H2,1H3,(H,16,17). The number of halogens is 1. The van der Waals surface area contributed by atoms with Gasteiger partial charge in [-0.05, 0) is 48.3 Å². The molecule has 1 aromatic rings. The lowest BCUT2D eigenvalue weighted by Crippen LogP contribution is -1.98. The lowest BCUT2D eigenvalue weighted by atomic mass is 9.95. The second kappa shape index (κ2) is 6.18. The van der Waals surface area contributed by atoms with Gasteiger partial charge in [0.1, 0.15) is 0 Å². The largest absolute Gasteiger partial charge is 0.306 e. The molecule has 100 valence electrons. The molecule has 0 aliphatic heterocycles. The Hall–Kier alpha value is -0.380. The third-order valence-electron chi connectivity index (χ3n) is 3.95. The van der Waals surface area contributed by atoms with E-state index in [0.717, 1.165) is 11.5 Å². The van der Waals surface area contributed by atoms with Crippen molar-refractivity contribution in [2.75, 3.05) is 0 Å². The average Bonchev–Trinajstić information content (AvgIpc) is 2.80. The maximum atomic E-state index is 10.8. The first-order valence-corrected chi connectivity index (χ1v) is 8.11. The first kappa shape index (κ1) is 14.0.